The van der Waals surface area contributed by atoms with Gasteiger partial charge in [-0.05, 0) is 23.4 Å². The van der Waals surface area contributed by atoms with Crippen molar-refractivity contribution >= 4 is 23.2 Å². The fourth-order valence-electron chi connectivity index (χ4n) is 1.44. The number of ether oxygens (including phenoxy) is 1. The van der Waals surface area contributed by atoms with Gasteiger partial charge in [-0.1, -0.05) is 6.92 Å². The summed E-state index contributed by atoms with van der Waals surface area (Å²) >= 11 is 1.44. The molecule has 0 fully saturated rings. The lowest BCUT2D eigenvalue weighted by Crippen LogP contribution is -2.29. The third kappa shape index (κ3) is 3.56. The van der Waals surface area contributed by atoms with Crippen molar-refractivity contribution in [3.63, 3.8) is 0 Å². The lowest BCUT2D eigenvalue weighted by molar-refractivity contribution is -0.140. The molecule has 0 saturated heterocycles. The molecular weight excluding hydrogens is 238 g/mol. The summed E-state index contributed by atoms with van der Waals surface area (Å²) in [6, 6.07) is 1.96. The number of thiophene rings is 1. The van der Waals surface area contributed by atoms with Crippen LogP contribution >= 0.6 is 11.3 Å². The summed E-state index contributed by atoms with van der Waals surface area (Å²) < 4.78 is 4.54. The summed E-state index contributed by atoms with van der Waals surface area (Å²) in [7, 11) is 3.04. The van der Waals surface area contributed by atoms with Gasteiger partial charge >= 0.3 is 5.97 Å². The van der Waals surface area contributed by atoms with Crippen molar-refractivity contribution in [2.24, 2.45) is 0 Å². The van der Waals surface area contributed by atoms with Gasteiger partial charge in [0, 0.05) is 13.6 Å². The summed E-state index contributed by atoms with van der Waals surface area (Å²) in [5.74, 6) is -0.327. The minimum absolute atomic E-state index is 0.0271. The summed E-state index contributed by atoms with van der Waals surface area (Å²) in [6.07, 6.45) is 1.07. The Hall–Kier alpha value is -1.36. The highest BCUT2D eigenvalue weighted by atomic mass is 32.1. The van der Waals surface area contributed by atoms with Gasteiger partial charge in [-0.2, -0.15) is 0 Å². The second kappa shape index (κ2) is 6.39. The van der Waals surface area contributed by atoms with E-state index >= 15 is 0 Å². The molecule has 0 N–H and O–H groups in total. The normalized spacial score (nSPS) is 10.1. The van der Waals surface area contributed by atoms with E-state index in [-0.39, 0.29) is 18.3 Å². The van der Waals surface area contributed by atoms with Crippen molar-refractivity contribution in [1.29, 1.82) is 0 Å². The molecule has 0 aliphatic rings. The molecule has 1 aromatic rings. The maximum absolute atomic E-state index is 12.1. The molecule has 1 aromatic heterocycles. The number of rotatable bonds is 5. The molecule has 0 aliphatic carbocycles. The maximum atomic E-state index is 12.1. The second-order valence-corrected chi connectivity index (χ2v) is 4.60. The van der Waals surface area contributed by atoms with Crippen LogP contribution in [0.1, 0.15) is 28.6 Å². The van der Waals surface area contributed by atoms with Crippen LogP contribution in [0.15, 0.2) is 11.4 Å². The zero-order chi connectivity index (χ0) is 12.8. The Kier molecular flexibility index (Phi) is 5.15. The van der Waals surface area contributed by atoms with Crippen LogP contribution in [0, 0.1) is 0 Å². The third-order valence-electron chi connectivity index (χ3n) is 2.55. The molecule has 0 radical (unpaired) electrons. The molecule has 5 heteroatoms. The topological polar surface area (TPSA) is 46.6 Å². The molecule has 0 aliphatic heterocycles. The second-order valence-electron chi connectivity index (χ2n) is 3.68. The number of methoxy groups -OCH3 is 1. The van der Waals surface area contributed by atoms with E-state index in [2.05, 4.69) is 4.74 Å². The fraction of sp³-hybridized carbons (Fsp3) is 0.500. The molecule has 1 amide bonds. The maximum Gasteiger partial charge on any atom is 0.307 e. The Morgan fingerprint density at radius 3 is 2.76 bits per heavy atom. The van der Waals surface area contributed by atoms with Crippen LogP contribution < -0.4 is 0 Å². The van der Waals surface area contributed by atoms with Gasteiger partial charge in [0.25, 0.3) is 5.91 Å². The van der Waals surface area contributed by atoms with Crippen LogP contribution in [0.3, 0.4) is 0 Å². The van der Waals surface area contributed by atoms with Crippen molar-refractivity contribution < 1.29 is 14.3 Å². The highest BCUT2D eigenvalue weighted by molar-refractivity contribution is 7.12. The first-order chi connectivity index (χ1) is 8.10. The van der Waals surface area contributed by atoms with Crippen LogP contribution in [0.2, 0.25) is 0 Å². The van der Waals surface area contributed by atoms with Crippen molar-refractivity contribution in [1.82, 2.24) is 4.90 Å². The van der Waals surface area contributed by atoms with E-state index in [1.807, 2.05) is 18.4 Å². The average Bonchev–Trinajstić information content (AvgIpc) is 2.82. The predicted octanol–water partition coefficient (Wildman–Crippen LogP) is 1.95. The Labute approximate surface area is 105 Å². The minimum atomic E-state index is -0.299. The standard InChI is InChI=1S/C12H17NO3S/c1-4-9-6-8-17-11(9)12(15)13(2)7-5-10(14)16-3/h6,8H,4-5,7H2,1-3H3. The monoisotopic (exact) mass is 255 g/mol. The number of aryl methyl sites for hydroxylation is 1. The van der Waals surface area contributed by atoms with Gasteiger partial charge in [0.1, 0.15) is 0 Å². The van der Waals surface area contributed by atoms with Gasteiger partial charge in [0.2, 0.25) is 0 Å². The molecule has 1 heterocycles. The van der Waals surface area contributed by atoms with Crippen LogP contribution in [0.25, 0.3) is 0 Å². The van der Waals surface area contributed by atoms with Gasteiger partial charge in [0.05, 0.1) is 18.4 Å². The molecule has 0 aromatic carbocycles. The molecule has 0 saturated carbocycles. The smallest absolute Gasteiger partial charge is 0.307 e. The molecule has 1 rings (SSSR count). The molecule has 0 atom stereocenters. The Morgan fingerprint density at radius 1 is 1.47 bits per heavy atom. The molecular formula is C12H17NO3S. The molecule has 17 heavy (non-hydrogen) atoms. The first-order valence-corrected chi connectivity index (χ1v) is 6.36. The lowest BCUT2D eigenvalue weighted by atomic mass is 10.2. The zero-order valence-corrected chi connectivity index (χ0v) is 11.2. The SMILES string of the molecule is CCc1ccsc1C(=O)N(C)CCC(=O)OC. The largest absolute Gasteiger partial charge is 0.469 e. The van der Waals surface area contributed by atoms with Gasteiger partial charge < -0.3 is 9.64 Å². The van der Waals surface area contributed by atoms with Gasteiger partial charge in [-0.25, -0.2) is 0 Å². The highest BCUT2D eigenvalue weighted by Gasteiger charge is 2.17. The van der Waals surface area contributed by atoms with E-state index in [4.69, 9.17) is 0 Å². The summed E-state index contributed by atoms with van der Waals surface area (Å²) in [5.41, 5.74) is 1.06. The third-order valence-corrected chi connectivity index (χ3v) is 3.49. The predicted molar refractivity (Wildman–Crippen MR) is 67.3 cm³/mol. The average molecular weight is 255 g/mol. The molecule has 0 spiro atoms. The number of carbonyl (C=O) groups excluding carboxylic acids is 2. The first-order valence-electron chi connectivity index (χ1n) is 5.48. The van der Waals surface area contributed by atoms with Gasteiger partial charge in [0.15, 0.2) is 0 Å². The molecule has 0 bridgehead atoms. The van der Waals surface area contributed by atoms with Gasteiger partial charge in [-0.3, -0.25) is 9.59 Å². The number of carbonyl (C=O) groups is 2. The Balaban J connectivity index is 2.61. The van der Waals surface area contributed by atoms with Crippen LogP contribution in [0.4, 0.5) is 0 Å². The number of hydrogen-bond donors (Lipinski definition) is 0. The van der Waals surface area contributed by atoms with Crippen LogP contribution in [-0.2, 0) is 16.0 Å². The highest BCUT2D eigenvalue weighted by Crippen LogP contribution is 2.19. The van der Waals surface area contributed by atoms with Gasteiger partial charge in [-0.15, -0.1) is 11.3 Å². The van der Waals surface area contributed by atoms with Crippen LogP contribution in [0.5, 0.6) is 0 Å². The fourth-order valence-corrected chi connectivity index (χ4v) is 2.43. The van der Waals surface area contributed by atoms with E-state index in [0.717, 1.165) is 16.9 Å². The van der Waals surface area contributed by atoms with E-state index in [1.54, 1.807) is 11.9 Å². The number of nitrogens with zero attached hydrogens (tertiary/aromatic N) is 1. The van der Waals surface area contributed by atoms with Crippen molar-refractivity contribution in [2.45, 2.75) is 19.8 Å². The minimum Gasteiger partial charge on any atom is -0.469 e. The molecule has 94 valence electrons. The Morgan fingerprint density at radius 2 is 2.18 bits per heavy atom. The van der Waals surface area contributed by atoms with Crippen molar-refractivity contribution in [3.05, 3.63) is 21.9 Å². The molecule has 0 unspecified atom stereocenters. The van der Waals surface area contributed by atoms with E-state index < -0.39 is 0 Å². The Bertz CT molecular complexity index is 400. The van der Waals surface area contributed by atoms with E-state index in [1.165, 1.54) is 18.4 Å². The number of hydrogen-bond acceptors (Lipinski definition) is 4. The van der Waals surface area contributed by atoms with Crippen molar-refractivity contribution in [2.75, 3.05) is 20.7 Å². The molecule has 4 nitrogen and oxygen atoms in total. The van der Waals surface area contributed by atoms with E-state index in [0.29, 0.717) is 6.54 Å². The summed E-state index contributed by atoms with van der Waals surface area (Å²) in [6.45, 7) is 2.40. The summed E-state index contributed by atoms with van der Waals surface area (Å²) in [4.78, 5) is 25.4. The van der Waals surface area contributed by atoms with E-state index in [9.17, 15) is 9.59 Å². The number of esters is 1. The van der Waals surface area contributed by atoms with Crippen molar-refractivity contribution in [3.8, 4) is 0 Å². The lowest BCUT2D eigenvalue weighted by Gasteiger charge is -2.16. The zero-order valence-electron chi connectivity index (χ0n) is 10.4. The summed E-state index contributed by atoms with van der Waals surface area (Å²) in [5, 5.41) is 1.92. The first kappa shape index (κ1) is 13.7. The van der Waals surface area contributed by atoms with Crippen LogP contribution in [-0.4, -0.2) is 37.5 Å². The number of amides is 1. The quantitative estimate of drug-likeness (QED) is 0.755.